The van der Waals surface area contributed by atoms with Crippen LogP contribution in [-0.2, 0) is 21.4 Å². The quantitative estimate of drug-likeness (QED) is 0.556. The van der Waals surface area contributed by atoms with Gasteiger partial charge in [0.2, 0.25) is 5.91 Å². The van der Waals surface area contributed by atoms with Gasteiger partial charge in [-0.2, -0.15) is 12.7 Å². The number of aryl methyl sites for hydroxylation is 1. The summed E-state index contributed by atoms with van der Waals surface area (Å²) in [4.78, 5) is 17.6. The molecule has 3 N–H and O–H groups in total. The zero-order valence-corrected chi connectivity index (χ0v) is 23.4. The maximum absolute atomic E-state index is 13.1. The molecule has 2 fully saturated rings. The van der Waals surface area contributed by atoms with E-state index in [1.807, 2.05) is 17.2 Å². The Hall–Kier alpha value is -1.43. The van der Waals surface area contributed by atoms with Crippen molar-refractivity contribution < 1.29 is 13.2 Å². The number of piperidine rings is 1. The van der Waals surface area contributed by atoms with Crippen molar-refractivity contribution in [3.05, 3.63) is 56.7 Å². The number of nitrogens with one attached hydrogen (secondary N) is 1. The number of dihydropyridines is 1. The second-order valence-corrected chi connectivity index (χ2v) is 13.1. The minimum atomic E-state index is -3.64. The molecule has 2 atom stereocenters. The molecule has 0 aromatic heterocycles. The zero-order valence-electron chi connectivity index (χ0n) is 20.2. The first-order valence-electron chi connectivity index (χ1n) is 12.6. The van der Waals surface area contributed by atoms with E-state index in [9.17, 15) is 13.2 Å². The van der Waals surface area contributed by atoms with E-state index in [1.54, 1.807) is 0 Å². The highest BCUT2D eigenvalue weighted by molar-refractivity contribution is 9.11. The third-order valence-corrected chi connectivity index (χ3v) is 9.78. The number of fused-ring (bicyclic) bond motifs is 2. The van der Waals surface area contributed by atoms with Gasteiger partial charge in [-0.05, 0) is 82.4 Å². The number of piperazine rings is 1. The van der Waals surface area contributed by atoms with Crippen LogP contribution in [0.5, 0.6) is 0 Å². The first-order valence-corrected chi connectivity index (χ1v) is 15.3. The van der Waals surface area contributed by atoms with Gasteiger partial charge >= 0.3 is 0 Å². The van der Waals surface area contributed by atoms with E-state index >= 15 is 0 Å². The van der Waals surface area contributed by atoms with Crippen LogP contribution in [0, 0.1) is 5.92 Å². The predicted molar refractivity (Wildman–Crippen MR) is 145 cm³/mol. The second kappa shape index (κ2) is 10.7. The molecule has 1 aromatic rings. The molecule has 196 valence electrons. The van der Waals surface area contributed by atoms with E-state index in [4.69, 9.17) is 16.7 Å². The Bertz CT molecular complexity index is 1170. The third kappa shape index (κ3) is 5.68. The SMILES string of the molecule is NS(=O)(=O)N1CCC(CC(=O)N2CCN(C3c4ccc(Cl)cc4CCC4=CC(Br)=CNC43)CC2)CC1. The van der Waals surface area contributed by atoms with Gasteiger partial charge in [-0.3, -0.25) is 9.69 Å². The highest BCUT2D eigenvalue weighted by Crippen LogP contribution is 2.39. The summed E-state index contributed by atoms with van der Waals surface area (Å²) in [5.74, 6) is 0.372. The van der Waals surface area contributed by atoms with Crippen LogP contribution < -0.4 is 10.5 Å². The molecule has 5 rings (SSSR count). The fourth-order valence-electron chi connectivity index (χ4n) is 6.05. The molecule has 1 aliphatic carbocycles. The predicted octanol–water partition coefficient (Wildman–Crippen LogP) is 2.91. The Kier molecular flexibility index (Phi) is 7.82. The summed E-state index contributed by atoms with van der Waals surface area (Å²) in [6.45, 7) is 3.78. The lowest BCUT2D eigenvalue weighted by Crippen LogP contribution is -2.54. The number of carbonyl (C=O) groups excluding carboxylic acids is 1. The molecule has 3 heterocycles. The summed E-state index contributed by atoms with van der Waals surface area (Å²) in [6.07, 6.45) is 8.03. The molecule has 0 saturated carbocycles. The Morgan fingerprint density at radius 2 is 1.83 bits per heavy atom. The zero-order chi connectivity index (χ0) is 25.4. The lowest BCUT2D eigenvalue weighted by atomic mass is 9.90. The number of halogens is 2. The Labute approximate surface area is 226 Å². The fourth-order valence-corrected chi connectivity index (χ4v) is 7.39. The van der Waals surface area contributed by atoms with E-state index in [2.05, 4.69) is 44.4 Å². The molecule has 0 bridgehead atoms. The van der Waals surface area contributed by atoms with Crippen molar-refractivity contribution in [1.82, 2.24) is 19.4 Å². The van der Waals surface area contributed by atoms with E-state index in [1.165, 1.54) is 21.0 Å². The van der Waals surface area contributed by atoms with E-state index in [0.29, 0.717) is 45.4 Å². The van der Waals surface area contributed by atoms with Gasteiger partial charge in [0.05, 0.1) is 12.1 Å². The van der Waals surface area contributed by atoms with Crippen molar-refractivity contribution in [1.29, 1.82) is 0 Å². The Balaban J connectivity index is 1.24. The summed E-state index contributed by atoms with van der Waals surface area (Å²) in [5.41, 5.74) is 3.99. The Morgan fingerprint density at radius 1 is 1.11 bits per heavy atom. The van der Waals surface area contributed by atoms with Crippen molar-refractivity contribution in [2.24, 2.45) is 11.1 Å². The molecule has 1 amide bonds. The topological polar surface area (TPSA) is 99.0 Å². The van der Waals surface area contributed by atoms with Crippen molar-refractivity contribution in [2.45, 2.75) is 44.2 Å². The van der Waals surface area contributed by atoms with Crippen molar-refractivity contribution >= 4 is 43.6 Å². The van der Waals surface area contributed by atoms with Crippen molar-refractivity contribution in [3.63, 3.8) is 0 Å². The number of rotatable bonds is 4. The van der Waals surface area contributed by atoms with Crippen molar-refractivity contribution in [2.75, 3.05) is 39.3 Å². The molecule has 0 radical (unpaired) electrons. The monoisotopic (exact) mass is 597 g/mol. The number of hydrogen-bond donors (Lipinski definition) is 2. The summed E-state index contributed by atoms with van der Waals surface area (Å²) >= 11 is 9.98. The normalized spacial score (nSPS) is 26.2. The van der Waals surface area contributed by atoms with Crippen LogP contribution in [0.25, 0.3) is 0 Å². The van der Waals surface area contributed by atoms with E-state index in [0.717, 1.165) is 35.4 Å². The van der Waals surface area contributed by atoms with Crippen LogP contribution in [0.3, 0.4) is 0 Å². The van der Waals surface area contributed by atoms with Crippen LogP contribution >= 0.6 is 27.5 Å². The fraction of sp³-hybridized carbons (Fsp3) is 0.560. The minimum Gasteiger partial charge on any atom is -0.382 e. The van der Waals surface area contributed by atoms with Crippen LogP contribution in [-0.4, -0.2) is 73.7 Å². The maximum Gasteiger partial charge on any atom is 0.276 e. The smallest absolute Gasteiger partial charge is 0.276 e. The molecule has 11 heteroatoms. The van der Waals surface area contributed by atoms with Gasteiger partial charge in [-0.15, -0.1) is 0 Å². The molecule has 0 spiro atoms. The van der Waals surface area contributed by atoms with E-state index in [-0.39, 0.29) is 23.9 Å². The first kappa shape index (κ1) is 26.2. The molecular weight excluding hydrogens is 566 g/mol. The van der Waals surface area contributed by atoms with Crippen LogP contribution in [0.1, 0.15) is 42.9 Å². The number of hydrogen-bond acceptors (Lipinski definition) is 5. The summed E-state index contributed by atoms with van der Waals surface area (Å²) in [7, 11) is -3.64. The van der Waals surface area contributed by atoms with E-state index < -0.39 is 10.2 Å². The second-order valence-electron chi connectivity index (χ2n) is 10.2. The number of benzene rings is 1. The van der Waals surface area contributed by atoms with Gasteiger partial charge in [0, 0.05) is 61.4 Å². The largest absolute Gasteiger partial charge is 0.382 e. The lowest BCUT2D eigenvalue weighted by molar-refractivity contribution is -0.134. The molecule has 3 aliphatic heterocycles. The summed E-state index contributed by atoms with van der Waals surface area (Å²) < 4.78 is 25.5. The maximum atomic E-state index is 13.1. The number of amides is 1. The van der Waals surface area contributed by atoms with Crippen molar-refractivity contribution in [3.8, 4) is 0 Å². The van der Waals surface area contributed by atoms with Gasteiger partial charge in [0.1, 0.15) is 0 Å². The highest BCUT2D eigenvalue weighted by atomic mass is 79.9. The molecule has 1 aromatic carbocycles. The van der Waals surface area contributed by atoms with Crippen LogP contribution in [0.15, 0.2) is 40.5 Å². The summed E-state index contributed by atoms with van der Waals surface area (Å²) in [6, 6.07) is 6.61. The first-order chi connectivity index (χ1) is 17.2. The van der Waals surface area contributed by atoms with Crippen LogP contribution in [0.2, 0.25) is 5.02 Å². The molecule has 2 unspecified atom stereocenters. The van der Waals surface area contributed by atoms with Gasteiger partial charge in [0.15, 0.2) is 0 Å². The molecular formula is C25H33BrClN5O3S. The van der Waals surface area contributed by atoms with Gasteiger partial charge in [-0.1, -0.05) is 17.7 Å². The third-order valence-electron chi connectivity index (χ3n) is 8.00. The minimum absolute atomic E-state index is 0.167. The van der Waals surface area contributed by atoms with Crippen LogP contribution in [0.4, 0.5) is 0 Å². The number of nitrogens with two attached hydrogens (primary N) is 1. The average molecular weight is 599 g/mol. The molecule has 2 saturated heterocycles. The van der Waals surface area contributed by atoms with Gasteiger partial charge < -0.3 is 10.2 Å². The summed E-state index contributed by atoms with van der Waals surface area (Å²) in [5, 5.41) is 9.64. The number of nitrogens with zero attached hydrogens (tertiary/aromatic N) is 3. The average Bonchev–Trinajstić information content (AvgIpc) is 3.00. The standard InChI is InChI=1S/C25H33BrClN5O3S/c26-20-14-19-2-1-18-15-21(27)3-4-22(18)25(24(19)29-16-20)31-11-9-30(10-12-31)23(33)13-17-5-7-32(8-6-17)36(28,34)35/h3-4,14-17,24-25,29H,1-2,5-13H2,(H2,28,34,35). The molecule has 8 nitrogen and oxygen atoms in total. The number of carbonyl (C=O) groups is 1. The van der Waals surface area contributed by atoms with Gasteiger partial charge in [0.25, 0.3) is 10.2 Å². The Morgan fingerprint density at radius 3 is 2.53 bits per heavy atom. The van der Waals surface area contributed by atoms with Gasteiger partial charge in [-0.25, -0.2) is 5.14 Å². The molecule has 36 heavy (non-hydrogen) atoms. The highest BCUT2D eigenvalue weighted by Gasteiger charge is 2.38. The lowest BCUT2D eigenvalue weighted by Gasteiger charge is -2.43. The molecule has 4 aliphatic rings. The number of allylic oxidation sites excluding steroid dienone is 2.